The van der Waals surface area contributed by atoms with Crippen LogP contribution in [0.5, 0.6) is 0 Å². The Hall–Kier alpha value is -2.92. The third-order valence-electron chi connectivity index (χ3n) is 6.28. The maximum atomic E-state index is 12.7. The molecule has 0 spiro atoms. The molecule has 1 aromatic heterocycles. The molecule has 1 atom stereocenters. The lowest BCUT2D eigenvalue weighted by molar-refractivity contribution is -0.136. The standard InChI is InChI=1S/C25H27N3O2/c29-25(21-13-16-30-18-21)27-14-11-22(12-15-27)28-24(20-9-5-2-6-10-20)17-23(26-28)19-7-3-1-4-8-19/h1-10,17,21-22H,11-16,18H2. The molecule has 0 saturated carbocycles. The molecule has 30 heavy (non-hydrogen) atoms. The van der Waals surface area contributed by atoms with Crippen LogP contribution in [0.25, 0.3) is 22.5 Å². The SMILES string of the molecule is O=C(C1CCOC1)N1CCC(n2nc(-c3ccccc3)cc2-c2ccccc2)CC1. The van der Waals surface area contributed by atoms with Crippen LogP contribution in [0.2, 0.25) is 0 Å². The summed E-state index contributed by atoms with van der Waals surface area (Å²) in [5, 5.41) is 5.02. The van der Waals surface area contributed by atoms with E-state index < -0.39 is 0 Å². The predicted octanol–water partition coefficient (Wildman–Crippen LogP) is 4.42. The van der Waals surface area contributed by atoms with Gasteiger partial charge in [0, 0.05) is 25.3 Å². The van der Waals surface area contributed by atoms with Crippen LogP contribution in [-0.2, 0) is 9.53 Å². The first kappa shape index (κ1) is 19.1. The van der Waals surface area contributed by atoms with Crippen molar-refractivity contribution in [2.75, 3.05) is 26.3 Å². The van der Waals surface area contributed by atoms with Gasteiger partial charge in [0.15, 0.2) is 0 Å². The number of piperidine rings is 1. The molecule has 5 nitrogen and oxygen atoms in total. The summed E-state index contributed by atoms with van der Waals surface area (Å²) in [6.45, 7) is 2.86. The summed E-state index contributed by atoms with van der Waals surface area (Å²) < 4.78 is 7.60. The number of hydrogen-bond acceptors (Lipinski definition) is 3. The lowest BCUT2D eigenvalue weighted by Gasteiger charge is -2.34. The highest BCUT2D eigenvalue weighted by Crippen LogP contribution is 2.33. The van der Waals surface area contributed by atoms with Gasteiger partial charge in [0.05, 0.1) is 30.0 Å². The molecule has 1 amide bonds. The van der Waals surface area contributed by atoms with E-state index in [1.165, 1.54) is 5.56 Å². The second-order valence-electron chi connectivity index (χ2n) is 8.21. The van der Waals surface area contributed by atoms with E-state index in [2.05, 4.69) is 47.1 Å². The second kappa shape index (κ2) is 8.44. The Labute approximate surface area is 177 Å². The number of ether oxygens (including phenoxy) is 1. The van der Waals surface area contributed by atoms with Gasteiger partial charge in [0.25, 0.3) is 0 Å². The van der Waals surface area contributed by atoms with E-state index in [0.29, 0.717) is 19.3 Å². The van der Waals surface area contributed by atoms with Crippen molar-refractivity contribution in [1.82, 2.24) is 14.7 Å². The Morgan fingerprint density at radius 3 is 2.20 bits per heavy atom. The van der Waals surface area contributed by atoms with Crippen molar-refractivity contribution in [1.29, 1.82) is 0 Å². The quantitative estimate of drug-likeness (QED) is 0.650. The van der Waals surface area contributed by atoms with Gasteiger partial charge in [-0.15, -0.1) is 0 Å². The molecule has 2 saturated heterocycles. The number of amides is 1. The fourth-order valence-corrected chi connectivity index (χ4v) is 4.57. The topological polar surface area (TPSA) is 47.4 Å². The minimum absolute atomic E-state index is 0.0517. The summed E-state index contributed by atoms with van der Waals surface area (Å²) in [5.74, 6) is 0.315. The highest BCUT2D eigenvalue weighted by molar-refractivity contribution is 5.79. The molecule has 0 N–H and O–H groups in total. The normalized spacial score (nSPS) is 19.9. The molecule has 5 heteroatoms. The summed E-state index contributed by atoms with van der Waals surface area (Å²) in [6.07, 6.45) is 2.71. The predicted molar refractivity (Wildman–Crippen MR) is 117 cm³/mol. The van der Waals surface area contributed by atoms with E-state index in [1.807, 2.05) is 29.2 Å². The first-order chi connectivity index (χ1) is 14.8. The Balaban J connectivity index is 1.40. The largest absolute Gasteiger partial charge is 0.381 e. The van der Waals surface area contributed by atoms with Crippen LogP contribution < -0.4 is 0 Å². The number of rotatable bonds is 4. The molecule has 3 heterocycles. The molecule has 1 unspecified atom stereocenters. The van der Waals surface area contributed by atoms with E-state index in [-0.39, 0.29) is 11.8 Å². The maximum Gasteiger partial charge on any atom is 0.228 e. The van der Waals surface area contributed by atoms with Gasteiger partial charge in [-0.3, -0.25) is 9.48 Å². The number of carbonyl (C=O) groups is 1. The van der Waals surface area contributed by atoms with Crippen molar-refractivity contribution in [3.8, 4) is 22.5 Å². The van der Waals surface area contributed by atoms with Crippen LogP contribution in [0.15, 0.2) is 66.7 Å². The fraction of sp³-hybridized carbons (Fsp3) is 0.360. The molecule has 2 aliphatic rings. The Bertz CT molecular complexity index is 986. The van der Waals surface area contributed by atoms with Gasteiger partial charge in [0.1, 0.15) is 0 Å². The average Bonchev–Trinajstić information content (AvgIpc) is 3.51. The van der Waals surface area contributed by atoms with Crippen LogP contribution in [0.3, 0.4) is 0 Å². The van der Waals surface area contributed by atoms with E-state index in [9.17, 15) is 4.79 Å². The Kier molecular flexibility index (Phi) is 5.37. The van der Waals surface area contributed by atoms with Crippen molar-refractivity contribution < 1.29 is 9.53 Å². The summed E-state index contributed by atoms with van der Waals surface area (Å²) in [7, 11) is 0. The van der Waals surface area contributed by atoms with Crippen LogP contribution in [0.4, 0.5) is 0 Å². The molecule has 154 valence electrons. The number of carbonyl (C=O) groups excluding carboxylic acids is 1. The number of hydrogen-bond donors (Lipinski definition) is 0. The van der Waals surface area contributed by atoms with Gasteiger partial charge in [-0.2, -0.15) is 5.10 Å². The van der Waals surface area contributed by atoms with Crippen LogP contribution in [0.1, 0.15) is 25.3 Å². The van der Waals surface area contributed by atoms with Gasteiger partial charge < -0.3 is 9.64 Å². The Morgan fingerprint density at radius 2 is 1.57 bits per heavy atom. The van der Waals surface area contributed by atoms with Crippen molar-refractivity contribution in [2.45, 2.75) is 25.3 Å². The minimum Gasteiger partial charge on any atom is -0.381 e. The maximum absolute atomic E-state index is 12.7. The van der Waals surface area contributed by atoms with E-state index in [4.69, 9.17) is 9.84 Å². The van der Waals surface area contributed by atoms with Crippen molar-refractivity contribution in [2.24, 2.45) is 5.92 Å². The number of aromatic nitrogens is 2. The lowest BCUT2D eigenvalue weighted by Crippen LogP contribution is -2.42. The first-order valence-electron chi connectivity index (χ1n) is 10.9. The van der Waals surface area contributed by atoms with Gasteiger partial charge in [-0.25, -0.2) is 0 Å². The molecule has 0 aliphatic carbocycles. The zero-order valence-corrected chi connectivity index (χ0v) is 17.1. The monoisotopic (exact) mass is 401 g/mol. The number of likely N-dealkylation sites (tertiary alicyclic amines) is 1. The van der Waals surface area contributed by atoms with E-state index >= 15 is 0 Å². The van der Waals surface area contributed by atoms with Crippen LogP contribution >= 0.6 is 0 Å². The van der Waals surface area contributed by atoms with E-state index in [1.54, 1.807) is 0 Å². The summed E-state index contributed by atoms with van der Waals surface area (Å²) >= 11 is 0. The molecule has 0 bridgehead atoms. The van der Waals surface area contributed by atoms with Crippen LogP contribution in [-0.4, -0.2) is 46.9 Å². The lowest BCUT2D eigenvalue weighted by atomic mass is 10.0. The van der Waals surface area contributed by atoms with Gasteiger partial charge in [-0.05, 0) is 30.9 Å². The number of benzene rings is 2. The third kappa shape index (κ3) is 3.77. The van der Waals surface area contributed by atoms with Gasteiger partial charge >= 0.3 is 0 Å². The van der Waals surface area contributed by atoms with Crippen LogP contribution in [0, 0.1) is 5.92 Å². The summed E-state index contributed by atoms with van der Waals surface area (Å²) in [5.41, 5.74) is 4.44. The smallest absolute Gasteiger partial charge is 0.228 e. The average molecular weight is 402 g/mol. The zero-order chi connectivity index (χ0) is 20.3. The molecule has 2 fully saturated rings. The Morgan fingerprint density at radius 1 is 0.900 bits per heavy atom. The van der Waals surface area contributed by atoms with Crippen molar-refractivity contribution in [3.05, 3.63) is 66.7 Å². The number of nitrogens with zero attached hydrogens (tertiary/aromatic N) is 3. The van der Waals surface area contributed by atoms with E-state index in [0.717, 1.165) is 49.3 Å². The fourth-order valence-electron chi connectivity index (χ4n) is 4.57. The molecular weight excluding hydrogens is 374 g/mol. The summed E-state index contributed by atoms with van der Waals surface area (Å²) in [6, 6.07) is 23.3. The highest BCUT2D eigenvalue weighted by Gasteiger charge is 2.32. The van der Waals surface area contributed by atoms with Gasteiger partial charge in [-0.1, -0.05) is 60.7 Å². The first-order valence-corrected chi connectivity index (χ1v) is 10.9. The minimum atomic E-state index is 0.0517. The zero-order valence-electron chi connectivity index (χ0n) is 17.1. The molecule has 2 aliphatic heterocycles. The molecule has 2 aromatic carbocycles. The second-order valence-corrected chi connectivity index (χ2v) is 8.21. The summed E-state index contributed by atoms with van der Waals surface area (Å²) in [4.78, 5) is 14.8. The third-order valence-corrected chi connectivity index (χ3v) is 6.28. The van der Waals surface area contributed by atoms with Gasteiger partial charge in [0.2, 0.25) is 5.91 Å². The molecule has 0 radical (unpaired) electrons. The molecule has 3 aromatic rings. The molecule has 5 rings (SSSR count). The highest BCUT2D eigenvalue weighted by atomic mass is 16.5. The molecular formula is C25H27N3O2. The van der Waals surface area contributed by atoms with Crippen molar-refractivity contribution >= 4 is 5.91 Å². The van der Waals surface area contributed by atoms with Crippen molar-refractivity contribution in [3.63, 3.8) is 0 Å².